The van der Waals surface area contributed by atoms with E-state index in [2.05, 4.69) is 9.82 Å². The number of aryl methyl sites for hydroxylation is 2. The lowest BCUT2D eigenvalue weighted by molar-refractivity contribution is 0.600. The van der Waals surface area contributed by atoms with Crippen LogP contribution in [-0.4, -0.2) is 18.2 Å². The molecule has 0 spiro atoms. The first kappa shape index (κ1) is 18.8. The Morgan fingerprint density at radius 3 is 2.46 bits per heavy atom. The summed E-state index contributed by atoms with van der Waals surface area (Å²) < 4.78 is 29.2. The number of rotatable bonds is 5. The first-order chi connectivity index (χ1) is 12.2. The number of halogens is 2. The number of hydrogen-bond acceptors (Lipinski definition) is 3. The van der Waals surface area contributed by atoms with Gasteiger partial charge < -0.3 is 0 Å². The summed E-state index contributed by atoms with van der Waals surface area (Å²) in [7, 11) is -3.69. The van der Waals surface area contributed by atoms with E-state index >= 15 is 0 Å². The van der Waals surface area contributed by atoms with Crippen molar-refractivity contribution < 1.29 is 8.42 Å². The smallest absolute Gasteiger partial charge is 0.263 e. The molecular weight excluding hydrogens is 393 g/mol. The molecule has 1 N–H and O–H groups in total. The predicted molar refractivity (Wildman–Crippen MR) is 105 cm³/mol. The molecule has 8 heteroatoms. The van der Waals surface area contributed by atoms with Gasteiger partial charge in [-0.2, -0.15) is 5.10 Å². The molecule has 0 amide bonds. The van der Waals surface area contributed by atoms with E-state index in [4.69, 9.17) is 23.2 Å². The molecule has 1 aromatic heterocycles. The molecule has 0 fully saturated rings. The van der Waals surface area contributed by atoms with Crippen LogP contribution < -0.4 is 4.72 Å². The van der Waals surface area contributed by atoms with Crippen LogP contribution >= 0.6 is 23.2 Å². The topological polar surface area (TPSA) is 64.0 Å². The number of benzene rings is 2. The summed E-state index contributed by atoms with van der Waals surface area (Å²) in [5, 5.41) is 5.21. The molecular formula is C18H17Cl2N3O2S. The standard InChI is InChI=1S/C18H17Cl2N3O2S/c1-12-3-5-15(9-13(12)2)26(24,25)22-18-7-8-23(21-18)11-14-4-6-16(19)17(20)10-14/h3-10H,11H2,1-2H3,(H,21,22). The first-order valence-electron chi connectivity index (χ1n) is 7.82. The normalized spacial score (nSPS) is 11.5. The Morgan fingerprint density at radius 2 is 1.77 bits per heavy atom. The third-order valence-electron chi connectivity index (χ3n) is 4.00. The fourth-order valence-electron chi connectivity index (χ4n) is 2.41. The van der Waals surface area contributed by atoms with Gasteiger partial charge in [0.2, 0.25) is 0 Å². The Morgan fingerprint density at radius 1 is 1.00 bits per heavy atom. The summed E-state index contributed by atoms with van der Waals surface area (Å²) in [6.07, 6.45) is 1.70. The SMILES string of the molecule is Cc1ccc(S(=O)(=O)Nc2ccn(Cc3ccc(Cl)c(Cl)c3)n2)cc1C. The molecule has 0 bridgehead atoms. The lowest BCUT2D eigenvalue weighted by Gasteiger charge is -2.08. The van der Waals surface area contributed by atoms with Gasteiger partial charge in [-0.1, -0.05) is 35.3 Å². The van der Waals surface area contributed by atoms with Crippen molar-refractivity contribution in [2.75, 3.05) is 4.72 Å². The summed E-state index contributed by atoms with van der Waals surface area (Å²) in [6.45, 7) is 4.26. The number of nitrogens with zero attached hydrogens (tertiary/aromatic N) is 2. The van der Waals surface area contributed by atoms with Gasteiger partial charge in [0.15, 0.2) is 5.82 Å². The van der Waals surface area contributed by atoms with Crippen molar-refractivity contribution in [1.82, 2.24) is 9.78 Å². The van der Waals surface area contributed by atoms with E-state index in [0.29, 0.717) is 16.6 Å². The number of aromatic nitrogens is 2. The van der Waals surface area contributed by atoms with E-state index < -0.39 is 10.0 Å². The fourth-order valence-corrected chi connectivity index (χ4v) is 3.81. The minimum absolute atomic E-state index is 0.208. The monoisotopic (exact) mass is 409 g/mol. The largest absolute Gasteiger partial charge is 0.266 e. The lowest BCUT2D eigenvalue weighted by Crippen LogP contribution is -2.14. The maximum absolute atomic E-state index is 12.5. The fraction of sp³-hybridized carbons (Fsp3) is 0.167. The molecule has 2 aromatic carbocycles. The van der Waals surface area contributed by atoms with Crippen LogP contribution in [0.1, 0.15) is 16.7 Å². The van der Waals surface area contributed by atoms with Crippen molar-refractivity contribution in [2.24, 2.45) is 0 Å². The molecule has 3 rings (SSSR count). The molecule has 3 aromatic rings. The van der Waals surface area contributed by atoms with Gasteiger partial charge in [-0.3, -0.25) is 9.40 Å². The Bertz CT molecular complexity index is 1060. The zero-order valence-corrected chi connectivity index (χ0v) is 16.5. The van der Waals surface area contributed by atoms with Crippen LogP contribution in [0.5, 0.6) is 0 Å². The minimum atomic E-state index is -3.69. The third-order valence-corrected chi connectivity index (χ3v) is 6.09. The molecule has 5 nitrogen and oxygen atoms in total. The number of nitrogens with one attached hydrogen (secondary N) is 1. The second-order valence-electron chi connectivity index (χ2n) is 6.00. The highest BCUT2D eigenvalue weighted by atomic mass is 35.5. The van der Waals surface area contributed by atoms with Crippen LogP contribution in [-0.2, 0) is 16.6 Å². The van der Waals surface area contributed by atoms with Gasteiger partial charge in [0.05, 0.1) is 21.5 Å². The van der Waals surface area contributed by atoms with Gasteiger partial charge in [0.1, 0.15) is 0 Å². The van der Waals surface area contributed by atoms with Crippen molar-refractivity contribution in [3.63, 3.8) is 0 Å². The van der Waals surface area contributed by atoms with Crippen molar-refractivity contribution in [3.05, 3.63) is 75.4 Å². The van der Waals surface area contributed by atoms with E-state index in [-0.39, 0.29) is 10.7 Å². The Labute approximate surface area is 162 Å². The van der Waals surface area contributed by atoms with Crippen LogP contribution in [0.2, 0.25) is 10.0 Å². The third kappa shape index (κ3) is 4.20. The van der Waals surface area contributed by atoms with Gasteiger partial charge >= 0.3 is 0 Å². The van der Waals surface area contributed by atoms with Crippen LogP contribution in [0.25, 0.3) is 0 Å². The molecule has 0 aliphatic carbocycles. The highest BCUT2D eigenvalue weighted by Crippen LogP contribution is 2.23. The van der Waals surface area contributed by atoms with E-state index in [1.165, 1.54) is 0 Å². The van der Waals surface area contributed by atoms with Gasteiger partial charge in [0.25, 0.3) is 10.0 Å². The van der Waals surface area contributed by atoms with Gasteiger partial charge in [-0.15, -0.1) is 0 Å². The zero-order chi connectivity index (χ0) is 18.9. The molecule has 0 saturated carbocycles. The molecule has 0 saturated heterocycles. The number of hydrogen-bond donors (Lipinski definition) is 1. The number of sulfonamides is 1. The molecule has 26 heavy (non-hydrogen) atoms. The zero-order valence-electron chi connectivity index (χ0n) is 14.2. The molecule has 0 radical (unpaired) electrons. The van der Waals surface area contributed by atoms with Crippen molar-refractivity contribution in [2.45, 2.75) is 25.3 Å². The van der Waals surface area contributed by atoms with Crippen molar-refractivity contribution >= 4 is 39.0 Å². The van der Waals surface area contributed by atoms with Gasteiger partial charge in [-0.25, -0.2) is 8.42 Å². The van der Waals surface area contributed by atoms with Gasteiger partial charge in [-0.05, 0) is 54.8 Å². The Balaban J connectivity index is 1.76. The van der Waals surface area contributed by atoms with Crippen molar-refractivity contribution in [1.29, 1.82) is 0 Å². The maximum Gasteiger partial charge on any atom is 0.263 e. The van der Waals surface area contributed by atoms with E-state index in [0.717, 1.165) is 16.7 Å². The Hall–Kier alpha value is -2.02. The average molecular weight is 410 g/mol. The summed E-state index contributed by atoms with van der Waals surface area (Å²) in [6, 6.07) is 11.9. The predicted octanol–water partition coefficient (Wildman–Crippen LogP) is 4.66. The van der Waals surface area contributed by atoms with E-state index in [1.807, 2.05) is 19.9 Å². The van der Waals surface area contributed by atoms with Crippen LogP contribution in [0.15, 0.2) is 53.6 Å². The average Bonchev–Trinajstić information content (AvgIpc) is 2.99. The highest BCUT2D eigenvalue weighted by molar-refractivity contribution is 7.92. The molecule has 0 aliphatic heterocycles. The van der Waals surface area contributed by atoms with Gasteiger partial charge in [0, 0.05) is 12.3 Å². The molecule has 0 atom stereocenters. The van der Waals surface area contributed by atoms with Crippen LogP contribution in [0.3, 0.4) is 0 Å². The summed E-state index contributed by atoms with van der Waals surface area (Å²) in [4.78, 5) is 0.208. The molecule has 1 heterocycles. The molecule has 0 unspecified atom stereocenters. The minimum Gasteiger partial charge on any atom is -0.266 e. The number of anilines is 1. The quantitative estimate of drug-likeness (QED) is 0.666. The highest BCUT2D eigenvalue weighted by Gasteiger charge is 2.16. The van der Waals surface area contributed by atoms with Crippen molar-refractivity contribution in [3.8, 4) is 0 Å². The molecule has 136 valence electrons. The lowest BCUT2D eigenvalue weighted by atomic mass is 10.1. The van der Waals surface area contributed by atoms with E-state index in [1.54, 1.807) is 47.3 Å². The summed E-state index contributed by atoms with van der Waals surface area (Å²) in [5.41, 5.74) is 2.86. The summed E-state index contributed by atoms with van der Waals surface area (Å²) >= 11 is 11.9. The second-order valence-corrected chi connectivity index (χ2v) is 8.50. The van der Waals surface area contributed by atoms with Crippen LogP contribution in [0, 0.1) is 13.8 Å². The first-order valence-corrected chi connectivity index (χ1v) is 10.1. The maximum atomic E-state index is 12.5. The van der Waals surface area contributed by atoms with E-state index in [9.17, 15) is 8.42 Å². The molecule has 0 aliphatic rings. The second kappa shape index (κ2) is 7.31. The Kier molecular flexibility index (Phi) is 5.27. The summed E-state index contributed by atoms with van der Waals surface area (Å²) in [5.74, 6) is 0.253. The van der Waals surface area contributed by atoms with Crippen LogP contribution in [0.4, 0.5) is 5.82 Å².